The molecule has 0 radical (unpaired) electrons. The first-order valence-electron chi connectivity index (χ1n) is 12.0. The standard InChI is InChI=1S/C25H28F3N3O2S2/c1-16-5-4-10-30(14-16)35(32,33)20-8-9-23-22(13-20)29-25(31(23)19-6-2-3-7-19)34-15-17-11-18(26)12-21(27)24(17)28/h8-9,11-13,16,19H,2-7,10,14-15H2,1H3. The number of fused-ring (bicyclic) bond motifs is 1. The van der Waals surface area contributed by atoms with E-state index in [2.05, 4.69) is 11.5 Å². The van der Waals surface area contributed by atoms with Gasteiger partial charge in [-0.1, -0.05) is 31.5 Å². The maximum atomic E-state index is 14.2. The van der Waals surface area contributed by atoms with E-state index in [0.29, 0.717) is 35.7 Å². The molecule has 2 fully saturated rings. The van der Waals surface area contributed by atoms with E-state index in [-0.39, 0.29) is 22.3 Å². The first-order chi connectivity index (χ1) is 16.7. The molecule has 0 bridgehead atoms. The third-order valence-electron chi connectivity index (χ3n) is 7.00. The highest BCUT2D eigenvalue weighted by atomic mass is 32.2. The second-order valence-corrected chi connectivity index (χ2v) is 12.5. The predicted octanol–water partition coefficient (Wildman–Crippen LogP) is 6.28. The summed E-state index contributed by atoms with van der Waals surface area (Å²) in [6.45, 7) is 3.08. The smallest absolute Gasteiger partial charge is 0.243 e. The molecule has 10 heteroatoms. The number of halogens is 3. The highest BCUT2D eigenvalue weighted by Crippen LogP contribution is 2.38. The van der Waals surface area contributed by atoms with Crippen molar-refractivity contribution < 1.29 is 21.6 Å². The molecule has 0 spiro atoms. The summed E-state index contributed by atoms with van der Waals surface area (Å²) in [5, 5.41) is 0.595. The lowest BCUT2D eigenvalue weighted by Gasteiger charge is -2.30. The van der Waals surface area contributed by atoms with Crippen LogP contribution in [0.1, 0.15) is 57.1 Å². The molecule has 2 aromatic carbocycles. The molecule has 0 amide bonds. The minimum absolute atomic E-state index is 0.00732. The van der Waals surface area contributed by atoms with Crippen LogP contribution >= 0.6 is 11.8 Å². The van der Waals surface area contributed by atoms with Gasteiger partial charge in [0, 0.05) is 36.5 Å². The zero-order valence-electron chi connectivity index (χ0n) is 19.5. The fraction of sp³-hybridized carbons (Fsp3) is 0.480. The topological polar surface area (TPSA) is 55.2 Å². The number of aromatic nitrogens is 2. The van der Waals surface area contributed by atoms with Gasteiger partial charge in [-0.3, -0.25) is 0 Å². The summed E-state index contributed by atoms with van der Waals surface area (Å²) in [7, 11) is -3.64. The first-order valence-corrected chi connectivity index (χ1v) is 14.4. The van der Waals surface area contributed by atoms with Crippen LogP contribution in [0.2, 0.25) is 0 Å². The number of rotatable bonds is 6. The molecule has 1 unspecified atom stereocenters. The maximum absolute atomic E-state index is 14.2. The van der Waals surface area contributed by atoms with Crippen molar-refractivity contribution in [2.75, 3.05) is 13.1 Å². The van der Waals surface area contributed by atoms with Gasteiger partial charge < -0.3 is 4.57 Å². The van der Waals surface area contributed by atoms with E-state index < -0.39 is 27.5 Å². The molecule has 5 nitrogen and oxygen atoms in total. The van der Waals surface area contributed by atoms with E-state index in [1.807, 2.05) is 0 Å². The average Bonchev–Trinajstić information content (AvgIpc) is 3.47. The molecular weight excluding hydrogens is 495 g/mol. The molecule has 2 aliphatic rings. The molecule has 2 heterocycles. The maximum Gasteiger partial charge on any atom is 0.243 e. The van der Waals surface area contributed by atoms with Gasteiger partial charge in [0.2, 0.25) is 10.0 Å². The van der Waals surface area contributed by atoms with E-state index >= 15 is 0 Å². The summed E-state index contributed by atoms with van der Waals surface area (Å²) in [4.78, 5) is 4.93. The lowest BCUT2D eigenvalue weighted by Crippen LogP contribution is -2.39. The van der Waals surface area contributed by atoms with Gasteiger partial charge in [0.1, 0.15) is 5.82 Å². The minimum Gasteiger partial charge on any atom is -0.316 e. The van der Waals surface area contributed by atoms with Crippen LogP contribution in [0.4, 0.5) is 13.2 Å². The van der Waals surface area contributed by atoms with Gasteiger partial charge in [-0.25, -0.2) is 26.6 Å². The Bertz CT molecular complexity index is 1350. The van der Waals surface area contributed by atoms with E-state index in [1.165, 1.54) is 11.8 Å². The van der Waals surface area contributed by atoms with Crippen molar-refractivity contribution in [2.45, 2.75) is 67.3 Å². The van der Waals surface area contributed by atoms with Crippen LogP contribution in [-0.2, 0) is 15.8 Å². The molecule has 0 N–H and O–H groups in total. The van der Waals surface area contributed by atoms with Crippen LogP contribution in [0.5, 0.6) is 0 Å². The molecule has 35 heavy (non-hydrogen) atoms. The van der Waals surface area contributed by atoms with Gasteiger partial charge in [-0.2, -0.15) is 4.31 Å². The van der Waals surface area contributed by atoms with Crippen molar-refractivity contribution in [2.24, 2.45) is 5.92 Å². The number of benzene rings is 2. The summed E-state index contributed by atoms with van der Waals surface area (Å²) >= 11 is 1.20. The Balaban J connectivity index is 1.51. The zero-order valence-corrected chi connectivity index (χ0v) is 21.1. The number of hydrogen-bond donors (Lipinski definition) is 0. The summed E-state index contributed by atoms with van der Waals surface area (Å²) in [5.41, 5.74) is 1.30. The van der Waals surface area contributed by atoms with E-state index in [4.69, 9.17) is 4.98 Å². The summed E-state index contributed by atoms with van der Waals surface area (Å²) < 4.78 is 71.8. The molecular formula is C25H28F3N3O2S2. The fourth-order valence-electron chi connectivity index (χ4n) is 5.20. The number of thioether (sulfide) groups is 1. The zero-order chi connectivity index (χ0) is 24.7. The van der Waals surface area contributed by atoms with Gasteiger partial charge in [0.15, 0.2) is 16.8 Å². The molecule has 1 saturated carbocycles. The first kappa shape index (κ1) is 24.6. The van der Waals surface area contributed by atoms with E-state index in [0.717, 1.165) is 50.1 Å². The number of piperidine rings is 1. The van der Waals surface area contributed by atoms with Gasteiger partial charge in [0.25, 0.3) is 0 Å². The molecule has 3 aromatic rings. The lowest BCUT2D eigenvalue weighted by atomic mass is 10.0. The van der Waals surface area contributed by atoms with Crippen LogP contribution in [0.3, 0.4) is 0 Å². The Hall–Kier alpha value is -2.04. The monoisotopic (exact) mass is 523 g/mol. The van der Waals surface area contributed by atoms with Crippen molar-refractivity contribution in [1.29, 1.82) is 0 Å². The van der Waals surface area contributed by atoms with Crippen molar-refractivity contribution in [1.82, 2.24) is 13.9 Å². The number of imidazole rings is 1. The summed E-state index contributed by atoms with van der Waals surface area (Å²) in [6, 6.07) is 6.78. The molecule has 5 rings (SSSR count). The van der Waals surface area contributed by atoms with Crippen molar-refractivity contribution >= 4 is 32.8 Å². The normalized spacial score (nSPS) is 20.2. The molecule has 1 aliphatic heterocycles. The van der Waals surface area contributed by atoms with E-state index in [9.17, 15) is 21.6 Å². The van der Waals surface area contributed by atoms with Crippen molar-refractivity contribution in [3.63, 3.8) is 0 Å². The Morgan fingerprint density at radius 1 is 1.06 bits per heavy atom. The van der Waals surface area contributed by atoms with Crippen LogP contribution in [0, 0.1) is 23.4 Å². The Kier molecular flexibility index (Phi) is 6.89. The second kappa shape index (κ2) is 9.78. The van der Waals surface area contributed by atoms with Crippen LogP contribution < -0.4 is 0 Å². The molecule has 188 valence electrons. The molecule has 1 aromatic heterocycles. The molecule has 1 atom stereocenters. The summed E-state index contributed by atoms with van der Waals surface area (Å²) in [5.74, 6) is -2.78. The highest BCUT2D eigenvalue weighted by molar-refractivity contribution is 7.98. The second-order valence-electron chi connectivity index (χ2n) is 9.61. The lowest BCUT2D eigenvalue weighted by molar-refractivity contribution is 0.281. The largest absolute Gasteiger partial charge is 0.316 e. The predicted molar refractivity (Wildman–Crippen MR) is 130 cm³/mol. The average molecular weight is 524 g/mol. The number of hydrogen-bond acceptors (Lipinski definition) is 4. The van der Waals surface area contributed by atoms with Gasteiger partial charge in [0.05, 0.1) is 15.9 Å². The molecule has 1 aliphatic carbocycles. The fourth-order valence-corrected chi connectivity index (χ4v) is 7.87. The number of nitrogens with zero attached hydrogens (tertiary/aromatic N) is 3. The Morgan fingerprint density at radius 2 is 1.83 bits per heavy atom. The van der Waals surface area contributed by atoms with E-state index in [1.54, 1.807) is 22.5 Å². The third kappa shape index (κ3) is 4.84. The van der Waals surface area contributed by atoms with Crippen molar-refractivity contribution in [3.8, 4) is 0 Å². The van der Waals surface area contributed by atoms with Crippen LogP contribution in [0.15, 0.2) is 40.4 Å². The quantitative estimate of drug-likeness (QED) is 0.282. The highest BCUT2D eigenvalue weighted by Gasteiger charge is 2.30. The van der Waals surface area contributed by atoms with Gasteiger partial charge in [-0.05, 0) is 55.9 Å². The van der Waals surface area contributed by atoms with Crippen LogP contribution in [0.25, 0.3) is 11.0 Å². The van der Waals surface area contributed by atoms with Crippen LogP contribution in [-0.4, -0.2) is 35.4 Å². The Labute approximate surface area is 207 Å². The Morgan fingerprint density at radius 3 is 2.57 bits per heavy atom. The SMILES string of the molecule is CC1CCCN(S(=O)(=O)c2ccc3c(c2)nc(SCc2cc(F)cc(F)c2F)n3C2CCCC2)C1. The van der Waals surface area contributed by atoms with Crippen molar-refractivity contribution in [3.05, 3.63) is 53.3 Å². The molecule has 1 saturated heterocycles. The minimum atomic E-state index is -3.64. The van der Waals surface area contributed by atoms with Gasteiger partial charge in [-0.15, -0.1) is 0 Å². The summed E-state index contributed by atoms with van der Waals surface area (Å²) in [6.07, 6.45) is 5.96. The third-order valence-corrected chi connectivity index (χ3v) is 9.86. The number of sulfonamides is 1. The van der Waals surface area contributed by atoms with Gasteiger partial charge >= 0.3 is 0 Å².